The highest BCUT2D eigenvalue weighted by Gasteiger charge is 2.54. The summed E-state index contributed by atoms with van der Waals surface area (Å²) in [7, 11) is 0. The van der Waals surface area contributed by atoms with E-state index >= 15 is 0 Å². The fourth-order valence-corrected chi connectivity index (χ4v) is 3.84. The van der Waals surface area contributed by atoms with Gasteiger partial charge in [-0.15, -0.1) is 0 Å². The number of benzene rings is 1. The Kier molecular flexibility index (Phi) is 2.46. The van der Waals surface area contributed by atoms with Crippen LogP contribution >= 0.6 is 15.9 Å². The summed E-state index contributed by atoms with van der Waals surface area (Å²) in [6, 6.07) is 10.7. The zero-order chi connectivity index (χ0) is 14.0. The highest BCUT2D eigenvalue weighted by Crippen LogP contribution is 2.58. The van der Waals surface area contributed by atoms with Crippen LogP contribution in [0.2, 0.25) is 0 Å². The number of hydrogen-bond donors (Lipinski definition) is 0. The van der Waals surface area contributed by atoms with Crippen LogP contribution in [0.15, 0.2) is 41.0 Å². The first-order valence-electron chi connectivity index (χ1n) is 6.97. The van der Waals surface area contributed by atoms with Gasteiger partial charge in [-0.2, -0.15) is 0 Å². The van der Waals surface area contributed by atoms with Crippen molar-refractivity contribution in [1.82, 2.24) is 4.98 Å². The molecule has 0 amide bonds. The standard InChI is InChI=1S/C17H16BrNO/c1-16-7-8-17(2,20-16)14-9-11(3-5-13(14)16)15-6-4-12(18)10-19-15/h3-6,9-10H,7-8H2,1-2H3. The van der Waals surface area contributed by atoms with Crippen molar-refractivity contribution in [2.75, 3.05) is 0 Å². The van der Waals surface area contributed by atoms with Crippen LogP contribution in [0.1, 0.15) is 37.8 Å². The van der Waals surface area contributed by atoms with Gasteiger partial charge >= 0.3 is 0 Å². The lowest BCUT2D eigenvalue weighted by atomic mass is 9.77. The second kappa shape index (κ2) is 3.92. The van der Waals surface area contributed by atoms with E-state index in [0.29, 0.717) is 0 Å². The molecule has 3 heteroatoms. The molecule has 20 heavy (non-hydrogen) atoms. The zero-order valence-electron chi connectivity index (χ0n) is 11.6. The molecule has 1 fully saturated rings. The summed E-state index contributed by atoms with van der Waals surface area (Å²) >= 11 is 3.43. The average molecular weight is 330 g/mol. The predicted molar refractivity (Wildman–Crippen MR) is 82.4 cm³/mol. The van der Waals surface area contributed by atoms with Crippen LogP contribution in [-0.2, 0) is 15.9 Å². The third-order valence-corrected chi connectivity index (χ3v) is 5.18. The van der Waals surface area contributed by atoms with Crippen LogP contribution < -0.4 is 0 Å². The Bertz CT molecular complexity index is 697. The van der Waals surface area contributed by atoms with Gasteiger partial charge in [-0.3, -0.25) is 4.98 Å². The monoisotopic (exact) mass is 329 g/mol. The Morgan fingerprint density at radius 3 is 2.50 bits per heavy atom. The van der Waals surface area contributed by atoms with Gasteiger partial charge in [0.25, 0.3) is 0 Å². The molecule has 102 valence electrons. The van der Waals surface area contributed by atoms with E-state index in [4.69, 9.17) is 4.74 Å². The molecule has 3 heterocycles. The summed E-state index contributed by atoms with van der Waals surface area (Å²) in [5.41, 5.74) is 4.66. The summed E-state index contributed by atoms with van der Waals surface area (Å²) in [5.74, 6) is 0. The maximum atomic E-state index is 6.30. The largest absolute Gasteiger partial charge is 0.360 e. The van der Waals surface area contributed by atoms with Gasteiger partial charge in [0.05, 0.1) is 16.9 Å². The number of rotatable bonds is 1. The summed E-state index contributed by atoms with van der Waals surface area (Å²) in [4.78, 5) is 4.49. The van der Waals surface area contributed by atoms with Crippen molar-refractivity contribution >= 4 is 15.9 Å². The predicted octanol–water partition coefficient (Wildman–Crippen LogP) is 4.77. The topological polar surface area (TPSA) is 22.1 Å². The Hall–Kier alpha value is -1.19. The van der Waals surface area contributed by atoms with Crippen LogP contribution in [0.3, 0.4) is 0 Å². The normalized spacial score (nSPS) is 30.6. The van der Waals surface area contributed by atoms with Gasteiger partial charge in [-0.1, -0.05) is 12.1 Å². The van der Waals surface area contributed by atoms with E-state index in [0.717, 1.165) is 28.6 Å². The zero-order valence-corrected chi connectivity index (χ0v) is 13.2. The molecular formula is C17H16BrNO. The van der Waals surface area contributed by atoms with E-state index < -0.39 is 0 Å². The molecular weight excluding hydrogens is 314 g/mol. The van der Waals surface area contributed by atoms with E-state index in [1.807, 2.05) is 18.3 Å². The summed E-state index contributed by atoms with van der Waals surface area (Å²) in [6.45, 7) is 4.42. The van der Waals surface area contributed by atoms with Crippen molar-refractivity contribution in [2.24, 2.45) is 0 Å². The third kappa shape index (κ3) is 1.63. The first-order valence-corrected chi connectivity index (χ1v) is 7.77. The number of ether oxygens (including phenoxy) is 1. The van der Waals surface area contributed by atoms with Crippen molar-refractivity contribution in [3.8, 4) is 11.3 Å². The van der Waals surface area contributed by atoms with Crippen LogP contribution in [0.4, 0.5) is 0 Å². The Balaban J connectivity index is 1.85. The fraction of sp³-hybridized carbons (Fsp3) is 0.353. The maximum Gasteiger partial charge on any atom is 0.0920 e. The van der Waals surface area contributed by atoms with E-state index in [9.17, 15) is 0 Å². The van der Waals surface area contributed by atoms with E-state index in [2.05, 4.69) is 53.0 Å². The molecule has 1 aromatic carbocycles. The first-order chi connectivity index (χ1) is 9.50. The first kappa shape index (κ1) is 12.5. The van der Waals surface area contributed by atoms with Gasteiger partial charge in [-0.25, -0.2) is 0 Å². The summed E-state index contributed by atoms with van der Waals surface area (Å²) in [6.07, 6.45) is 4.06. The van der Waals surface area contributed by atoms with Gasteiger partial charge in [0, 0.05) is 16.2 Å². The molecule has 2 aliphatic rings. The molecule has 4 rings (SSSR count). The Labute approximate surface area is 127 Å². The summed E-state index contributed by atoms with van der Waals surface area (Å²) < 4.78 is 7.30. The number of nitrogens with zero attached hydrogens (tertiary/aromatic N) is 1. The van der Waals surface area contributed by atoms with E-state index in [-0.39, 0.29) is 11.2 Å². The van der Waals surface area contributed by atoms with Crippen LogP contribution in [0, 0.1) is 0 Å². The minimum atomic E-state index is -0.116. The lowest BCUT2D eigenvalue weighted by Gasteiger charge is -2.23. The second-order valence-electron chi connectivity index (χ2n) is 6.19. The molecule has 2 nitrogen and oxygen atoms in total. The van der Waals surface area contributed by atoms with Gasteiger partial charge in [0.1, 0.15) is 0 Å². The van der Waals surface area contributed by atoms with Crippen molar-refractivity contribution in [1.29, 1.82) is 0 Å². The minimum Gasteiger partial charge on any atom is -0.360 e. The SMILES string of the molecule is CC12CCC(C)(O1)c1cc(-c3ccc(Br)cn3)ccc12. The molecule has 2 atom stereocenters. The van der Waals surface area contributed by atoms with Crippen LogP contribution in [-0.4, -0.2) is 4.98 Å². The van der Waals surface area contributed by atoms with Crippen molar-refractivity contribution in [2.45, 2.75) is 37.9 Å². The highest BCUT2D eigenvalue weighted by atomic mass is 79.9. The van der Waals surface area contributed by atoms with Crippen LogP contribution in [0.25, 0.3) is 11.3 Å². The van der Waals surface area contributed by atoms with Gasteiger partial charge in [0.2, 0.25) is 0 Å². The molecule has 2 aliphatic heterocycles. The lowest BCUT2D eigenvalue weighted by Crippen LogP contribution is -2.17. The molecule has 1 aromatic heterocycles. The molecule has 0 spiro atoms. The number of fused-ring (bicyclic) bond motifs is 5. The summed E-state index contributed by atoms with van der Waals surface area (Å²) in [5, 5.41) is 0. The van der Waals surface area contributed by atoms with Gasteiger partial charge < -0.3 is 4.74 Å². The second-order valence-corrected chi connectivity index (χ2v) is 7.10. The highest BCUT2D eigenvalue weighted by molar-refractivity contribution is 9.10. The molecule has 2 unspecified atom stereocenters. The number of hydrogen-bond acceptors (Lipinski definition) is 2. The van der Waals surface area contributed by atoms with E-state index in [1.165, 1.54) is 11.1 Å². The number of aromatic nitrogens is 1. The van der Waals surface area contributed by atoms with Crippen molar-refractivity contribution in [3.05, 3.63) is 52.1 Å². The van der Waals surface area contributed by atoms with Gasteiger partial charge in [-0.05, 0) is 71.9 Å². The van der Waals surface area contributed by atoms with Gasteiger partial charge in [0.15, 0.2) is 0 Å². The maximum absolute atomic E-state index is 6.30. The number of pyridine rings is 1. The molecule has 0 N–H and O–H groups in total. The lowest BCUT2D eigenvalue weighted by molar-refractivity contribution is -0.0662. The minimum absolute atomic E-state index is 0.0875. The van der Waals surface area contributed by atoms with Crippen molar-refractivity contribution in [3.63, 3.8) is 0 Å². The fourth-order valence-electron chi connectivity index (χ4n) is 3.60. The molecule has 2 bridgehead atoms. The molecule has 2 aromatic rings. The Morgan fingerprint density at radius 1 is 1.05 bits per heavy atom. The number of halogens is 1. The smallest absolute Gasteiger partial charge is 0.0920 e. The molecule has 0 aliphatic carbocycles. The van der Waals surface area contributed by atoms with Crippen molar-refractivity contribution < 1.29 is 4.74 Å². The molecule has 0 saturated carbocycles. The Morgan fingerprint density at radius 2 is 1.80 bits per heavy atom. The molecule has 1 saturated heterocycles. The average Bonchev–Trinajstić information content (AvgIpc) is 2.87. The third-order valence-electron chi connectivity index (χ3n) is 4.71. The quantitative estimate of drug-likeness (QED) is 0.752. The van der Waals surface area contributed by atoms with Crippen LogP contribution in [0.5, 0.6) is 0 Å². The molecule has 0 radical (unpaired) electrons. The van der Waals surface area contributed by atoms with E-state index in [1.54, 1.807) is 0 Å².